The van der Waals surface area contributed by atoms with Crippen molar-refractivity contribution in [2.24, 2.45) is 14.1 Å². The van der Waals surface area contributed by atoms with E-state index in [1.54, 1.807) is 44.5 Å². The largest absolute Gasteiger partial charge is 0.497 e. The summed E-state index contributed by atoms with van der Waals surface area (Å²) in [6.07, 6.45) is 0. The molecule has 0 amide bonds. The average molecular weight is 431 g/mol. The Balaban J connectivity index is 1.92. The lowest BCUT2D eigenvalue weighted by molar-refractivity contribution is 0.103. The number of ether oxygens (including phenoxy) is 2. The first-order valence-electron chi connectivity index (χ1n) is 10.1. The molecule has 2 aliphatic rings. The summed E-state index contributed by atoms with van der Waals surface area (Å²) >= 11 is 0. The number of hydrogen-bond donors (Lipinski definition) is 1. The molecule has 1 aromatic heterocycles. The van der Waals surface area contributed by atoms with Crippen LogP contribution in [0.1, 0.15) is 33.0 Å². The highest BCUT2D eigenvalue weighted by molar-refractivity contribution is 6.23. The van der Waals surface area contributed by atoms with Gasteiger partial charge in [0.25, 0.3) is 5.56 Å². The lowest BCUT2D eigenvalue weighted by Crippen LogP contribution is -2.42. The summed E-state index contributed by atoms with van der Waals surface area (Å²) in [5.41, 5.74) is 2.31. The van der Waals surface area contributed by atoms with Gasteiger partial charge in [0.1, 0.15) is 17.3 Å². The number of nitrogens with one attached hydrogen (secondary N) is 1. The zero-order valence-electron chi connectivity index (χ0n) is 18.1. The summed E-state index contributed by atoms with van der Waals surface area (Å²) in [6, 6.07) is 12.5. The van der Waals surface area contributed by atoms with Crippen molar-refractivity contribution in [3.63, 3.8) is 0 Å². The van der Waals surface area contributed by atoms with E-state index in [1.807, 2.05) is 12.1 Å². The second-order valence-electron chi connectivity index (χ2n) is 7.80. The molecule has 0 fully saturated rings. The maximum Gasteiger partial charge on any atom is 0.332 e. The normalized spacial score (nSPS) is 16.2. The zero-order valence-corrected chi connectivity index (χ0v) is 18.1. The van der Waals surface area contributed by atoms with Crippen molar-refractivity contribution in [2.45, 2.75) is 5.92 Å². The first kappa shape index (κ1) is 19.9. The van der Waals surface area contributed by atoms with E-state index in [4.69, 9.17) is 9.47 Å². The van der Waals surface area contributed by atoms with E-state index in [1.165, 1.54) is 18.7 Å². The fourth-order valence-electron chi connectivity index (χ4n) is 4.63. The minimum absolute atomic E-state index is 0.167. The van der Waals surface area contributed by atoms with Crippen LogP contribution in [0, 0.1) is 0 Å². The van der Waals surface area contributed by atoms with Crippen LogP contribution in [0.15, 0.2) is 57.6 Å². The lowest BCUT2D eigenvalue weighted by atomic mass is 9.81. The van der Waals surface area contributed by atoms with Crippen LogP contribution in [0.2, 0.25) is 0 Å². The Morgan fingerprint density at radius 3 is 2.31 bits per heavy atom. The van der Waals surface area contributed by atoms with Crippen LogP contribution >= 0.6 is 0 Å². The van der Waals surface area contributed by atoms with Gasteiger partial charge in [0.15, 0.2) is 5.78 Å². The number of nitrogens with zero attached hydrogens (tertiary/aromatic N) is 2. The molecule has 1 N–H and O–H groups in total. The minimum Gasteiger partial charge on any atom is -0.497 e. The SMILES string of the molecule is COc1ccc(OC)c([C@H]2C3=C(Nc4c2c(=O)n(C)c(=O)n4C)c2ccccc2C3=O)c1. The van der Waals surface area contributed by atoms with Crippen molar-refractivity contribution in [1.82, 2.24) is 9.13 Å². The number of rotatable bonds is 3. The van der Waals surface area contributed by atoms with Crippen molar-refractivity contribution in [2.75, 3.05) is 19.5 Å². The number of benzene rings is 2. The molecule has 0 radical (unpaired) electrons. The quantitative estimate of drug-likeness (QED) is 0.684. The molecule has 1 aliphatic carbocycles. The molecule has 162 valence electrons. The summed E-state index contributed by atoms with van der Waals surface area (Å²) in [6.45, 7) is 0. The highest BCUT2D eigenvalue weighted by Crippen LogP contribution is 2.50. The van der Waals surface area contributed by atoms with Crippen LogP contribution in [0.4, 0.5) is 5.82 Å². The third-order valence-corrected chi connectivity index (χ3v) is 6.22. The molecule has 32 heavy (non-hydrogen) atoms. The monoisotopic (exact) mass is 431 g/mol. The van der Waals surface area contributed by atoms with Crippen LogP contribution in [-0.2, 0) is 14.1 Å². The van der Waals surface area contributed by atoms with Gasteiger partial charge in [-0.25, -0.2) is 4.79 Å². The maximum atomic E-state index is 13.6. The van der Waals surface area contributed by atoms with Crippen LogP contribution in [0.25, 0.3) is 5.70 Å². The van der Waals surface area contributed by atoms with Gasteiger partial charge in [-0.3, -0.25) is 18.7 Å². The first-order valence-corrected chi connectivity index (χ1v) is 10.1. The smallest absolute Gasteiger partial charge is 0.332 e. The Morgan fingerprint density at radius 1 is 0.906 bits per heavy atom. The number of allylic oxidation sites excluding steroid dienone is 1. The third kappa shape index (κ3) is 2.52. The van der Waals surface area contributed by atoms with Crippen molar-refractivity contribution in [1.29, 1.82) is 0 Å². The Bertz CT molecular complexity index is 1460. The third-order valence-electron chi connectivity index (χ3n) is 6.22. The number of fused-ring (bicyclic) bond motifs is 3. The summed E-state index contributed by atoms with van der Waals surface area (Å²) in [4.78, 5) is 39.7. The fraction of sp³-hybridized carbons (Fsp3) is 0.208. The van der Waals surface area contributed by atoms with E-state index in [-0.39, 0.29) is 5.78 Å². The summed E-state index contributed by atoms with van der Waals surface area (Å²) in [7, 11) is 6.11. The number of ketones is 1. The molecule has 0 saturated heterocycles. The molecule has 0 spiro atoms. The van der Waals surface area contributed by atoms with Crippen molar-refractivity contribution >= 4 is 17.3 Å². The van der Waals surface area contributed by atoms with Crippen LogP contribution in [0.3, 0.4) is 0 Å². The van der Waals surface area contributed by atoms with Crippen LogP contribution < -0.4 is 26.0 Å². The number of aromatic nitrogens is 2. The van der Waals surface area contributed by atoms with Gasteiger partial charge in [-0.2, -0.15) is 0 Å². The number of carbonyl (C=O) groups is 1. The number of anilines is 1. The predicted molar refractivity (Wildman–Crippen MR) is 120 cm³/mol. The zero-order chi connectivity index (χ0) is 22.7. The van der Waals surface area contributed by atoms with Crippen molar-refractivity contribution < 1.29 is 14.3 Å². The molecule has 1 atom stereocenters. The van der Waals surface area contributed by atoms with E-state index in [0.717, 1.165) is 10.1 Å². The van der Waals surface area contributed by atoms with Gasteiger partial charge >= 0.3 is 5.69 Å². The van der Waals surface area contributed by atoms with E-state index in [2.05, 4.69) is 5.32 Å². The second-order valence-corrected chi connectivity index (χ2v) is 7.80. The Kier molecular flexibility index (Phi) is 4.33. The number of hydrogen-bond acceptors (Lipinski definition) is 6. The van der Waals surface area contributed by atoms with Gasteiger partial charge in [0, 0.05) is 36.4 Å². The molecule has 2 aromatic carbocycles. The molecule has 8 nitrogen and oxygen atoms in total. The van der Waals surface area contributed by atoms with Crippen LogP contribution in [-0.4, -0.2) is 29.1 Å². The molecular formula is C24H21N3O5. The van der Waals surface area contributed by atoms with Gasteiger partial charge < -0.3 is 14.8 Å². The Hall–Kier alpha value is -4.07. The van der Waals surface area contributed by atoms with E-state index in [0.29, 0.717) is 45.3 Å². The molecule has 3 aromatic rings. The van der Waals surface area contributed by atoms with E-state index in [9.17, 15) is 14.4 Å². The topological polar surface area (TPSA) is 91.6 Å². The molecule has 1 aliphatic heterocycles. The van der Waals surface area contributed by atoms with Gasteiger partial charge in [-0.1, -0.05) is 24.3 Å². The molecule has 0 saturated carbocycles. The highest BCUT2D eigenvalue weighted by Gasteiger charge is 2.43. The number of Topliss-reactive ketones (excluding diaryl/α,β-unsaturated/α-hetero) is 1. The molecular weight excluding hydrogens is 410 g/mol. The number of methoxy groups -OCH3 is 2. The fourth-order valence-corrected chi connectivity index (χ4v) is 4.63. The standard InChI is InChI=1S/C24H21N3O5/c1-26-22-19(23(29)27(2)24(26)30)17(15-11-12(31-3)9-10-16(15)32-4)18-20(25-22)13-7-5-6-8-14(13)21(18)28/h5-11,17,25H,1-4H3/t17-/m0/s1. The van der Waals surface area contributed by atoms with Gasteiger partial charge in [-0.05, 0) is 18.2 Å². The van der Waals surface area contributed by atoms with Crippen molar-refractivity contribution in [3.8, 4) is 11.5 Å². The summed E-state index contributed by atoms with van der Waals surface area (Å²) in [5.74, 6) is 0.509. The first-order chi connectivity index (χ1) is 15.4. The van der Waals surface area contributed by atoms with Gasteiger partial charge in [-0.15, -0.1) is 0 Å². The molecule has 8 heteroatoms. The van der Waals surface area contributed by atoms with Crippen LogP contribution in [0.5, 0.6) is 11.5 Å². The van der Waals surface area contributed by atoms with Gasteiger partial charge in [0.2, 0.25) is 0 Å². The predicted octanol–water partition coefficient (Wildman–Crippen LogP) is 2.27. The minimum atomic E-state index is -0.753. The summed E-state index contributed by atoms with van der Waals surface area (Å²) in [5, 5.41) is 3.22. The highest BCUT2D eigenvalue weighted by atomic mass is 16.5. The lowest BCUT2D eigenvalue weighted by Gasteiger charge is -2.30. The number of carbonyl (C=O) groups excluding carboxylic acids is 1. The molecule has 0 bridgehead atoms. The molecule has 2 heterocycles. The maximum absolute atomic E-state index is 13.6. The Morgan fingerprint density at radius 2 is 1.62 bits per heavy atom. The average Bonchev–Trinajstić information content (AvgIpc) is 3.11. The van der Waals surface area contributed by atoms with E-state index >= 15 is 0 Å². The molecule has 0 unspecified atom stereocenters. The van der Waals surface area contributed by atoms with Crippen molar-refractivity contribution in [3.05, 3.63) is 91.1 Å². The summed E-state index contributed by atoms with van der Waals surface area (Å²) < 4.78 is 13.5. The Labute approximate surface area is 183 Å². The van der Waals surface area contributed by atoms with E-state index < -0.39 is 17.2 Å². The second kappa shape index (κ2) is 6.98. The van der Waals surface area contributed by atoms with Gasteiger partial charge in [0.05, 0.1) is 31.4 Å². The molecule has 5 rings (SSSR count).